The minimum atomic E-state index is -0.767. The van der Waals surface area contributed by atoms with E-state index in [2.05, 4.69) is 4.98 Å². The van der Waals surface area contributed by atoms with Crippen LogP contribution in [0.1, 0.15) is 29.8 Å². The number of hydrogen-bond donors (Lipinski definition) is 1. The van der Waals surface area contributed by atoms with Gasteiger partial charge in [-0.05, 0) is 30.9 Å². The number of carbonyl (C=O) groups excluding carboxylic acids is 1. The van der Waals surface area contributed by atoms with Crippen molar-refractivity contribution >= 4 is 11.9 Å². The largest absolute Gasteiger partial charge is 0.481 e. The highest BCUT2D eigenvalue weighted by atomic mass is 16.4. The number of carboxylic acid groups (broad SMARTS) is 1. The zero-order chi connectivity index (χ0) is 16.2. The van der Waals surface area contributed by atoms with Gasteiger partial charge in [-0.15, -0.1) is 0 Å². The molecule has 6 nitrogen and oxygen atoms in total. The maximum atomic E-state index is 12.7. The molecule has 120 valence electrons. The number of imidazole rings is 1. The van der Waals surface area contributed by atoms with E-state index in [1.54, 1.807) is 22.0 Å². The van der Waals surface area contributed by atoms with Crippen molar-refractivity contribution in [2.24, 2.45) is 5.92 Å². The molecule has 1 saturated heterocycles. The number of carbonyl (C=O) groups is 2. The Balaban J connectivity index is 1.71. The number of amides is 1. The lowest BCUT2D eigenvalue weighted by Crippen LogP contribution is -2.39. The Hall–Kier alpha value is -2.63. The van der Waals surface area contributed by atoms with Crippen LogP contribution in [0.4, 0.5) is 0 Å². The van der Waals surface area contributed by atoms with Gasteiger partial charge in [-0.25, -0.2) is 4.98 Å². The molecule has 1 fully saturated rings. The zero-order valence-corrected chi connectivity index (χ0v) is 12.8. The van der Waals surface area contributed by atoms with Crippen molar-refractivity contribution in [3.8, 4) is 5.69 Å². The molecule has 1 amide bonds. The lowest BCUT2D eigenvalue weighted by atomic mass is 9.93. The van der Waals surface area contributed by atoms with Crippen LogP contribution >= 0.6 is 0 Å². The molecule has 0 unspecified atom stereocenters. The number of para-hydroxylation sites is 1. The first-order chi connectivity index (χ1) is 11.1. The number of benzene rings is 1. The molecule has 1 N–H and O–H groups in total. The number of carboxylic acids is 1. The summed E-state index contributed by atoms with van der Waals surface area (Å²) in [5.41, 5.74) is 1.43. The number of rotatable bonds is 4. The molecular weight excluding hydrogens is 294 g/mol. The average Bonchev–Trinajstić information content (AvgIpc) is 3.05. The molecule has 3 rings (SSSR count). The molecular formula is C17H19N3O3. The summed E-state index contributed by atoms with van der Waals surface area (Å²) in [6.07, 6.45) is 4.87. The fourth-order valence-electron chi connectivity index (χ4n) is 3.00. The molecule has 2 heterocycles. The van der Waals surface area contributed by atoms with Crippen molar-refractivity contribution in [3.63, 3.8) is 0 Å². The molecule has 0 atom stereocenters. The molecule has 0 bridgehead atoms. The minimum absolute atomic E-state index is 0.0554. The van der Waals surface area contributed by atoms with Crippen LogP contribution < -0.4 is 0 Å². The summed E-state index contributed by atoms with van der Waals surface area (Å²) >= 11 is 0. The normalized spacial score (nSPS) is 15.6. The molecule has 1 aliphatic heterocycles. The van der Waals surface area contributed by atoms with E-state index in [4.69, 9.17) is 5.11 Å². The second kappa shape index (κ2) is 6.64. The SMILES string of the molecule is O=C(O)CC1CCN(C(=O)c2cncn2-c2ccccc2)CC1. The molecule has 0 saturated carbocycles. The quantitative estimate of drug-likeness (QED) is 0.939. The summed E-state index contributed by atoms with van der Waals surface area (Å²) < 4.78 is 1.78. The van der Waals surface area contributed by atoms with Gasteiger partial charge in [0.15, 0.2) is 0 Å². The van der Waals surface area contributed by atoms with E-state index in [1.807, 2.05) is 30.3 Å². The van der Waals surface area contributed by atoms with Crippen molar-refractivity contribution in [2.75, 3.05) is 13.1 Å². The van der Waals surface area contributed by atoms with Crippen molar-refractivity contribution < 1.29 is 14.7 Å². The van der Waals surface area contributed by atoms with Gasteiger partial charge in [0, 0.05) is 25.2 Å². The van der Waals surface area contributed by atoms with Crippen LogP contribution in [-0.2, 0) is 4.79 Å². The summed E-state index contributed by atoms with van der Waals surface area (Å²) in [5.74, 6) is -0.660. The smallest absolute Gasteiger partial charge is 0.303 e. The number of aromatic nitrogens is 2. The minimum Gasteiger partial charge on any atom is -0.481 e. The Morgan fingerprint density at radius 1 is 1.17 bits per heavy atom. The summed E-state index contributed by atoms with van der Waals surface area (Å²) in [7, 11) is 0. The maximum Gasteiger partial charge on any atom is 0.303 e. The van der Waals surface area contributed by atoms with E-state index < -0.39 is 5.97 Å². The third-order valence-electron chi connectivity index (χ3n) is 4.26. The summed E-state index contributed by atoms with van der Waals surface area (Å²) in [4.78, 5) is 29.4. The Labute approximate surface area is 134 Å². The first kappa shape index (κ1) is 15.3. The fraction of sp³-hybridized carbons (Fsp3) is 0.353. The molecule has 23 heavy (non-hydrogen) atoms. The number of nitrogens with zero attached hydrogens (tertiary/aromatic N) is 3. The second-order valence-corrected chi connectivity index (χ2v) is 5.82. The third-order valence-corrected chi connectivity index (χ3v) is 4.26. The van der Waals surface area contributed by atoms with Gasteiger partial charge >= 0.3 is 5.97 Å². The standard InChI is InChI=1S/C17H19N3O3/c21-16(22)10-13-6-8-19(9-7-13)17(23)15-11-18-12-20(15)14-4-2-1-3-5-14/h1-5,11-13H,6-10H2,(H,21,22). The van der Waals surface area contributed by atoms with E-state index in [9.17, 15) is 9.59 Å². The van der Waals surface area contributed by atoms with Gasteiger partial charge in [-0.2, -0.15) is 0 Å². The van der Waals surface area contributed by atoms with Crippen molar-refractivity contribution in [2.45, 2.75) is 19.3 Å². The lowest BCUT2D eigenvalue weighted by molar-refractivity contribution is -0.138. The van der Waals surface area contributed by atoms with Gasteiger partial charge in [0.2, 0.25) is 0 Å². The van der Waals surface area contributed by atoms with Gasteiger partial charge in [0.05, 0.1) is 12.5 Å². The fourth-order valence-corrected chi connectivity index (χ4v) is 3.00. The zero-order valence-electron chi connectivity index (χ0n) is 12.8. The topological polar surface area (TPSA) is 75.4 Å². The summed E-state index contributed by atoms with van der Waals surface area (Å²) in [6.45, 7) is 1.19. The first-order valence-corrected chi connectivity index (χ1v) is 7.74. The molecule has 1 aromatic carbocycles. The van der Waals surface area contributed by atoms with Crippen LogP contribution in [0, 0.1) is 5.92 Å². The molecule has 1 aliphatic rings. The predicted octanol–water partition coefficient (Wildman–Crippen LogP) is 2.20. The van der Waals surface area contributed by atoms with E-state index in [1.165, 1.54) is 0 Å². The molecule has 1 aromatic heterocycles. The third kappa shape index (κ3) is 3.41. The van der Waals surface area contributed by atoms with Gasteiger partial charge in [0.25, 0.3) is 5.91 Å². The molecule has 0 spiro atoms. The van der Waals surface area contributed by atoms with Crippen LogP contribution in [0.25, 0.3) is 5.69 Å². The Kier molecular flexibility index (Phi) is 4.41. The molecule has 0 aliphatic carbocycles. The first-order valence-electron chi connectivity index (χ1n) is 7.74. The van der Waals surface area contributed by atoms with Crippen molar-refractivity contribution in [3.05, 3.63) is 48.5 Å². The highest BCUT2D eigenvalue weighted by molar-refractivity contribution is 5.93. The van der Waals surface area contributed by atoms with Crippen LogP contribution in [0.2, 0.25) is 0 Å². The number of piperidine rings is 1. The van der Waals surface area contributed by atoms with Crippen LogP contribution in [0.15, 0.2) is 42.9 Å². The van der Waals surface area contributed by atoms with Crippen molar-refractivity contribution in [1.82, 2.24) is 14.5 Å². The van der Waals surface area contributed by atoms with E-state index in [0.717, 1.165) is 18.5 Å². The lowest BCUT2D eigenvalue weighted by Gasteiger charge is -2.31. The highest BCUT2D eigenvalue weighted by Crippen LogP contribution is 2.22. The number of aliphatic carboxylic acids is 1. The Morgan fingerprint density at radius 2 is 1.87 bits per heavy atom. The van der Waals surface area contributed by atoms with E-state index >= 15 is 0 Å². The molecule has 2 aromatic rings. The Bertz CT molecular complexity index is 688. The van der Waals surface area contributed by atoms with Gasteiger partial charge in [-0.3, -0.25) is 14.2 Å². The summed E-state index contributed by atoms with van der Waals surface area (Å²) in [5, 5.41) is 8.86. The van der Waals surface area contributed by atoms with Gasteiger partial charge in [0.1, 0.15) is 5.69 Å². The van der Waals surface area contributed by atoms with E-state index in [0.29, 0.717) is 18.8 Å². The number of hydrogen-bond acceptors (Lipinski definition) is 3. The van der Waals surface area contributed by atoms with Crippen LogP contribution in [-0.4, -0.2) is 44.5 Å². The molecule has 6 heteroatoms. The predicted molar refractivity (Wildman–Crippen MR) is 84.4 cm³/mol. The van der Waals surface area contributed by atoms with E-state index in [-0.39, 0.29) is 18.2 Å². The van der Waals surface area contributed by atoms with Crippen LogP contribution in [0.5, 0.6) is 0 Å². The average molecular weight is 313 g/mol. The monoisotopic (exact) mass is 313 g/mol. The van der Waals surface area contributed by atoms with Crippen molar-refractivity contribution in [1.29, 1.82) is 0 Å². The highest BCUT2D eigenvalue weighted by Gasteiger charge is 2.26. The Morgan fingerprint density at radius 3 is 2.52 bits per heavy atom. The van der Waals surface area contributed by atoms with Gasteiger partial charge < -0.3 is 10.0 Å². The number of likely N-dealkylation sites (tertiary alicyclic amines) is 1. The van der Waals surface area contributed by atoms with Gasteiger partial charge in [-0.1, -0.05) is 18.2 Å². The van der Waals surface area contributed by atoms with Crippen LogP contribution in [0.3, 0.4) is 0 Å². The second-order valence-electron chi connectivity index (χ2n) is 5.82. The summed E-state index contributed by atoms with van der Waals surface area (Å²) in [6, 6.07) is 9.62. The molecule has 0 radical (unpaired) electrons. The maximum absolute atomic E-state index is 12.7.